The number of hydrogen-bond donors (Lipinski definition) is 1. The van der Waals surface area contributed by atoms with Gasteiger partial charge >= 0.3 is 5.97 Å². The molecule has 1 saturated heterocycles. The topological polar surface area (TPSA) is 81.9 Å². The van der Waals surface area contributed by atoms with Crippen molar-refractivity contribution in [1.82, 2.24) is 4.90 Å². The quantitative estimate of drug-likeness (QED) is 0.664. The molecule has 6 nitrogen and oxygen atoms in total. The summed E-state index contributed by atoms with van der Waals surface area (Å²) < 4.78 is 10.4. The molecule has 132 valence electrons. The third-order valence-corrected chi connectivity index (χ3v) is 4.59. The van der Waals surface area contributed by atoms with Gasteiger partial charge in [0, 0.05) is 19.2 Å². The zero-order valence-corrected chi connectivity index (χ0v) is 14.9. The number of hydrogen-bond acceptors (Lipinski definition) is 5. The molecule has 7 heteroatoms. The van der Waals surface area contributed by atoms with Gasteiger partial charge in [0.2, 0.25) is 0 Å². The lowest BCUT2D eigenvalue weighted by Gasteiger charge is -2.31. The standard InChI is InChI=1S/C17H23ClN2O4/c1-10-4-6-20(7-5-10)16(21)11(2)24-17(22)12-8-13(18)14(19)9-15(12)23-3/h8-11H,4-7,19H2,1-3H3/t11-/m0/s1. The van der Waals surface area contributed by atoms with E-state index in [1.807, 2.05) is 0 Å². The molecule has 0 radical (unpaired) electrons. The van der Waals surface area contributed by atoms with Crippen molar-refractivity contribution in [2.45, 2.75) is 32.8 Å². The predicted molar refractivity (Wildman–Crippen MR) is 92.3 cm³/mol. The van der Waals surface area contributed by atoms with E-state index in [0.29, 0.717) is 24.7 Å². The van der Waals surface area contributed by atoms with E-state index in [0.717, 1.165) is 12.8 Å². The summed E-state index contributed by atoms with van der Waals surface area (Å²) in [5, 5.41) is 0.228. The van der Waals surface area contributed by atoms with E-state index in [-0.39, 0.29) is 22.2 Å². The maximum absolute atomic E-state index is 12.4. The molecule has 0 bridgehead atoms. The number of rotatable bonds is 4. The van der Waals surface area contributed by atoms with Crippen LogP contribution in [0.2, 0.25) is 5.02 Å². The van der Waals surface area contributed by atoms with Crippen LogP contribution in [0.25, 0.3) is 0 Å². The Hall–Kier alpha value is -1.95. The molecule has 2 rings (SSSR count). The van der Waals surface area contributed by atoms with E-state index < -0.39 is 12.1 Å². The van der Waals surface area contributed by atoms with Crippen LogP contribution in [0.4, 0.5) is 5.69 Å². The maximum atomic E-state index is 12.4. The summed E-state index contributed by atoms with van der Waals surface area (Å²) >= 11 is 5.96. The fourth-order valence-corrected chi connectivity index (χ4v) is 2.82. The van der Waals surface area contributed by atoms with Crippen molar-refractivity contribution in [3.05, 3.63) is 22.7 Å². The van der Waals surface area contributed by atoms with Crippen LogP contribution in [0, 0.1) is 5.92 Å². The molecule has 1 aromatic carbocycles. The van der Waals surface area contributed by atoms with Gasteiger partial charge in [-0.1, -0.05) is 18.5 Å². The minimum absolute atomic E-state index is 0.142. The smallest absolute Gasteiger partial charge is 0.342 e. The van der Waals surface area contributed by atoms with Gasteiger partial charge in [0.05, 0.1) is 17.8 Å². The number of carbonyl (C=O) groups is 2. The highest BCUT2D eigenvalue weighted by atomic mass is 35.5. The van der Waals surface area contributed by atoms with E-state index in [4.69, 9.17) is 26.8 Å². The number of methoxy groups -OCH3 is 1. The Balaban J connectivity index is 2.06. The Labute approximate surface area is 146 Å². The average Bonchev–Trinajstić information content (AvgIpc) is 2.56. The fourth-order valence-electron chi connectivity index (χ4n) is 2.66. The summed E-state index contributed by atoms with van der Waals surface area (Å²) in [5.74, 6) is 0.0252. The Morgan fingerprint density at radius 2 is 1.96 bits per heavy atom. The third-order valence-electron chi connectivity index (χ3n) is 4.27. The van der Waals surface area contributed by atoms with Crippen molar-refractivity contribution in [3.63, 3.8) is 0 Å². The van der Waals surface area contributed by atoms with E-state index in [9.17, 15) is 9.59 Å². The van der Waals surface area contributed by atoms with Crippen molar-refractivity contribution in [1.29, 1.82) is 0 Å². The monoisotopic (exact) mass is 354 g/mol. The second kappa shape index (κ2) is 7.75. The Morgan fingerprint density at radius 3 is 2.54 bits per heavy atom. The Bertz CT molecular complexity index is 627. The van der Waals surface area contributed by atoms with E-state index in [1.165, 1.54) is 19.2 Å². The number of anilines is 1. The van der Waals surface area contributed by atoms with E-state index >= 15 is 0 Å². The number of carbonyl (C=O) groups excluding carboxylic acids is 2. The van der Waals surface area contributed by atoms with Crippen LogP contribution >= 0.6 is 11.6 Å². The SMILES string of the molecule is COc1cc(N)c(Cl)cc1C(=O)O[C@@H](C)C(=O)N1CCC(C)CC1. The molecule has 0 aromatic heterocycles. The van der Waals surface area contributed by atoms with Gasteiger partial charge in [-0.25, -0.2) is 4.79 Å². The summed E-state index contributed by atoms with van der Waals surface area (Å²) in [6, 6.07) is 2.84. The number of benzene rings is 1. The highest BCUT2D eigenvalue weighted by Gasteiger charge is 2.28. The molecule has 1 aromatic rings. The number of ether oxygens (including phenoxy) is 2. The molecule has 1 heterocycles. The van der Waals surface area contributed by atoms with Gasteiger partial charge in [0.1, 0.15) is 11.3 Å². The van der Waals surface area contributed by atoms with E-state index in [2.05, 4.69) is 6.92 Å². The summed E-state index contributed by atoms with van der Waals surface area (Å²) in [5.41, 5.74) is 6.14. The van der Waals surface area contributed by atoms with Crippen LogP contribution in [-0.4, -0.2) is 43.1 Å². The summed E-state index contributed by atoms with van der Waals surface area (Å²) in [7, 11) is 1.42. The number of nitrogen functional groups attached to an aromatic ring is 1. The first kappa shape index (κ1) is 18.4. The number of likely N-dealkylation sites (tertiary alicyclic amines) is 1. The maximum Gasteiger partial charge on any atom is 0.342 e. The van der Waals surface area contributed by atoms with Crippen molar-refractivity contribution >= 4 is 29.2 Å². The third kappa shape index (κ3) is 4.12. The lowest BCUT2D eigenvalue weighted by Crippen LogP contribution is -2.44. The number of piperidine rings is 1. The summed E-state index contributed by atoms with van der Waals surface area (Å²) in [6.45, 7) is 5.13. The first-order valence-electron chi connectivity index (χ1n) is 7.96. The highest BCUT2D eigenvalue weighted by molar-refractivity contribution is 6.33. The molecule has 0 unspecified atom stereocenters. The summed E-state index contributed by atoms with van der Waals surface area (Å²) in [4.78, 5) is 26.5. The average molecular weight is 355 g/mol. The number of halogens is 1. The molecule has 1 aliphatic heterocycles. The molecular weight excluding hydrogens is 332 g/mol. The number of amides is 1. The molecule has 1 atom stereocenters. The molecule has 0 spiro atoms. The molecule has 24 heavy (non-hydrogen) atoms. The van der Waals surface area contributed by atoms with Crippen LogP contribution in [0.1, 0.15) is 37.0 Å². The van der Waals surface area contributed by atoms with Gasteiger partial charge in [0.25, 0.3) is 5.91 Å². The van der Waals surface area contributed by atoms with Crippen LogP contribution in [0.15, 0.2) is 12.1 Å². The van der Waals surface area contributed by atoms with Gasteiger partial charge in [-0.3, -0.25) is 4.79 Å². The molecule has 1 fully saturated rings. The van der Waals surface area contributed by atoms with Gasteiger partial charge < -0.3 is 20.1 Å². The minimum Gasteiger partial charge on any atom is -0.496 e. The van der Waals surface area contributed by atoms with Crippen molar-refractivity contribution in [2.24, 2.45) is 5.92 Å². The second-order valence-corrected chi connectivity index (χ2v) is 6.54. The van der Waals surface area contributed by atoms with E-state index in [1.54, 1.807) is 11.8 Å². The van der Waals surface area contributed by atoms with Gasteiger partial charge in [0.15, 0.2) is 6.10 Å². The lowest BCUT2D eigenvalue weighted by molar-refractivity contribution is -0.141. The lowest BCUT2D eigenvalue weighted by atomic mass is 9.99. The summed E-state index contributed by atoms with van der Waals surface area (Å²) in [6.07, 6.45) is 1.06. The van der Waals surface area contributed by atoms with Crippen molar-refractivity contribution < 1.29 is 19.1 Å². The zero-order chi connectivity index (χ0) is 17.9. The van der Waals surface area contributed by atoms with Crippen molar-refractivity contribution in [2.75, 3.05) is 25.9 Å². The molecule has 1 amide bonds. The normalized spacial score (nSPS) is 16.6. The van der Waals surface area contributed by atoms with Crippen molar-refractivity contribution in [3.8, 4) is 5.75 Å². The van der Waals surface area contributed by atoms with Crippen LogP contribution in [0.5, 0.6) is 5.75 Å². The van der Waals surface area contributed by atoms with Gasteiger partial charge in [-0.05, 0) is 31.7 Å². The number of nitrogens with two attached hydrogens (primary N) is 1. The van der Waals surface area contributed by atoms with Gasteiger partial charge in [-0.15, -0.1) is 0 Å². The number of nitrogens with zero attached hydrogens (tertiary/aromatic N) is 1. The Kier molecular flexibility index (Phi) is 5.94. The molecule has 2 N–H and O–H groups in total. The molecule has 0 aliphatic carbocycles. The van der Waals surface area contributed by atoms with Crippen LogP contribution < -0.4 is 10.5 Å². The molecular formula is C17H23ClN2O4. The zero-order valence-electron chi connectivity index (χ0n) is 14.2. The van der Waals surface area contributed by atoms with Gasteiger partial charge in [-0.2, -0.15) is 0 Å². The predicted octanol–water partition coefficient (Wildman–Crippen LogP) is 2.73. The second-order valence-electron chi connectivity index (χ2n) is 6.13. The fraction of sp³-hybridized carbons (Fsp3) is 0.529. The van der Waals surface area contributed by atoms with Crippen LogP contribution in [0.3, 0.4) is 0 Å². The highest BCUT2D eigenvalue weighted by Crippen LogP contribution is 2.29. The first-order valence-corrected chi connectivity index (χ1v) is 8.34. The molecule has 0 saturated carbocycles. The number of esters is 1. The largest absolute Gasteiger partial charge is 0.496 e. The Morgan fingerprint density at radius 1 is 1.33 bits per heavy atom. The molecule has 1 aliphatic rings. The first-order chi connectivity index (χ1) is 11.3. The van der Waals surface area contributed by atoms with Crippen LogP contribution in [-0.2, 0) is 9.53 Å². The minimum atomic E-state index is -0.869.